The van der Waals surface area contributed by atoms with Crippen molar-refractivity contribution >= 4 is 0 Å². The first kappa shape index (κ1) is 12.4. The van der Waals surface area contributed by atoms with Gasteiger partial charge in [-0.15, -0.1) is 0 Å². The zero-order valence-electron chi connectivity index (χ0n) is 11.0. The van der Waals surface area contributed by atoms with Crippen LogP contribution < -0.4 is 11.1 Å². The van der Waals surface area contributed by atoms with Gasteiger partial charge in [0.25, 0.3) is 0 Å². The molecule has 0 heterocycles. The van der Waals surface area contributed by atoms with E-state index in [1.54, 1.807) is 0 Å². The molecule has 0 aromatic rings. The fraction of sp³-hybridized carbons (Fsp3) is 1.00. The first-order valence-corrected chi connectivity index (χ1v) is 7.07. The van der Waals surface area contributed by atoms with Crippen molar-refractivity contribution < 1.29 is 0 Å². The average molecular weight is 224 g/mol. The van der Waals surface area contributed by atoms with Crippen LogP contribution in [0.5, 0.6) is 0 Å². The normalized spacial score (nSPS) is 35.4. The summed E-state index contributed by atoms with van der Waals surface area (Å²) in [6, 6.07) is 1.49. The van der Waals surface area contributed by atoms with Crippen molar-refractivity contribution in [1.82, 2.24) is 5.32 Å². The van der Waals surface area contributed by atoms with Crippen LogP contribution in [0.2, 0.25) is 0 Å². The zero-order chi connectivity index (χ0) is 11.6. The van der Waals surface area contributed by atoms with E-state index in [9.17, 15) is 0 Å². The molecule has 2 nitrogen and oxygen atoms in total. The molecular formula is C14H28N2. The van der Waals surface area contributed by atoms with Crippen molar-refractivity contribution in [2.75, 3.05) is 6.54 Å². The lowest BCUT2D eigenvalue weighted by atomic mass is 9.75. The molecule has 0 aromatic carbocycles. The van der Waals surface area contributed by atoms with Crippen LogP contribution in [0.25, 0.3) is 0 Å². The summed E-state index contributed by atoms with van der Waals surface area (Å²) in [5, 5.41) is 3.88. The molecule has 0 saturated heterocycles. The fourth-order valence-corrected chi connectivity index (χ4v) is 3.41. The molecule has 2 atom stereocenters. The Balaban J connectivity index is 1.78. The second kappa shape index (κ2) is 5.05. The van der Waals surface area contributed by atoms with Gasteiger partial charge in [0.15, 0.2) is 0 Å². The summed E-state index contributed by atoms with van der Waals surface area (Å²) in [5.74, 6) is 0.745. The van der Waals surface area contributed by atoms with Crippen molar-refractivity contribution in [2.24, 2.45) is 17.1 Å². The van der Waals surface area contributed by atoms with Gasteiger partial charge in [-0.2, -0.15) is 0 Å². The van der Waals surface area contributed by atoms with Crippen molar-refractivity contribution in [1.29, 1.82) is 0 Å². The topological polar surface area (TPSA) is 38.0 Å². The molecule has 3 N–H and O–H groups in total. The molecule has 2 heteroatoms. The first-order chi connectivity index (χ1) is 7.61. The monoisotopic (exact) mass is 224 g/mol. The molecule has 0 aliphatic heterocycles. The summed E-state index contributed by atoms with van der Waals surface area (Å²) >= 11 is 0. The standard InChI is InChI=1S/C14H28N2/c1-14(2)8-6-12(7-9-14)16-13-5-3-4-11(13)10-15/h11-13,16H,3-10,15H2,1-2H3. The maximum Gasteiger partial charge on any atom is 0.0110 e. The maximum absolute atomic E-state index is 5.83. The third-order valence-corrected chi connectivity index (χ3v) is 4.75. The molecule has 94 valence electrons. The van der Waals surface area contributed by atoms with E-state index < -0.39 is 0 Å². The minimum Gasteiger partial charge on any atom is -0.330 e. The Morgan fingerprint density at radius 3 is 2.44 bits per heavy atom. The van der Waals surface area contributed by atoms with E-state index >= 15 is 0 Å². The van der Waals surface area contributed by atoms with E-state index in [0.717, 1.165) is 24.5 Å². The Kier molecular flexibility index (Phi) is 3.91. The summed E-state index contributed by atoms with van der Waals surface area (Å²) in [5.41, 5.74) is 6.42. The summed E-state index contributed by atoms with van der Waals surface area (Å²) in [6.07, 6.45) is 9.54. The Morgan fingerprint density at radius 2 is 1.81 bits per heavy atom. The predicted octanol–water partition coefficient (Wildman–Crippen LogP) is 2.67. The highest BCUT2D eigenvalue weighted by molar-refractivity contribution is 4.89. The van der Waals surface area contributed by atoms with Crippen LogP contribution in [-0.4, -0.2) is 18.6 Å². The maximum atomic E-state index is 5.83. The highest BCUT2D eigenvalue weighted by atomic mass is 15.0. The Bertz CT molecular complexity index is 215. The van der Waals surface area contributed by atoms with Gasteiger partial charge in [-0.25, -0.2) is 0 Å². The molecule has 0 spiro atoms. The highest BCUT2D eigenvalue weighted by Crippen LogP contribution is 2.36. The molecule has 0 bridgehead atoms. The van der Waals surface area contributed by atoms with Crippen LogP contribution in [0.1, 0.15) is 58.8 Å². The van der Waals surface area contributed by atoms with Gasteiger partial charge in [0.1, 0.15) is 0 Å². The minimum atomic E-state index is 0.584. The summed E-state index contributed by atoms with van der Waals surface area (Å²) in [4.78, 5) is 0. The number of rotatable bonds is 3. The average Bonchev–Trinajstić information content (AvgIpc) is 2.68. The minimum absolute atomic E-state index is 0.584. The number of hydrogen-bond donors (Lipinski definition) is 2. The van der Waals surface area contributed by atoms with E-state index in [1.807, 2.05) is 0 Å². The Labute approximate surface area is 100 Å². The van der Waals surface area contributed by atoms with Crippen LogP contribution in [0.3, 0.4) is 0 Å². The molecule has 0 amide bonds. The van der Waals surface area contributed by atoms with E-state index in [-0.39, 0.29) is 0 Å². The van der Waals surface area contributed by atoms with Crippen molar-refractivity contribution in [3.8, 4) is 0 Å². The third kappa shape index (κ3) is 2.98. The number of hydrogen-bond acceptors (Lipinski definition) is 2. The number of nitrogens with two attached hydrogens (primary N) is 1. The van der Waals surface area contributed by atoms with Crippen LogP contribution in [-0.2, 0) is 0 Å². The van der Waals surface area contributed by atoms with Gasteiger partial charge in [-0.1, -0.05) is 20.3 Å². The van der Waals surface area contributed by atoms with E-state index in [2.05, 4.69) is 19.2 Å². The van der Waals surface area contributed by atoms with Crippen molar-refractivity contribution in [3.63, 3.8) is 0 Å². The van der Waals surface area contributed by atoms with Gasteiger partial charge in [0, 0.05) is 12.1 Å². The summed E-state index contributed by atoms with van der Waals surface area (Å²) in [7, 11) is 0. The van der Waals surface area contributed by atoms with E-state index in [4.69, 9.17) is 5.73 Å². The lowest BCUT2D eigenvalue weighted by Gasteiger charge is -2.36. The molecule has 2 saturated carbocycles. The molecule has 2 aliphatic carbocycles. The van der Waals surface area contributed by atoms with Gasteiger partial charge in [-0.3, -0.25) is 0 Å². The van der Waals surface area contributed by atoms with Crippen LogP contribution in [0.4, 0.5) is 0 Å². The molecule has 0 radical (unpaired) electrons. The van der Waals surface area contributed by atoms with Crippen LogP contribution >= 0.6 is 0 Å². The molecule has 2 fully saturated rings. The molecule has 0 aromatic heterocycles. The molecular weight excluding hydrogens is 196 g/mol. The molecule has 2 unspecified atom stereocenters. The van der Waals surface area contributed by atoms with Gasteiger partial charge in [0.2, 0.25) is 0 Å². The van der Waals surface area contributed by atoms with Gasteiger partial charge in [0.05, 0.1) is 0 Å². The number of nitrogens with one attached hydrogen (secondary N) is 1. The van der Waals surface area contributed by atoms with Crippen LogP contribution in [0, 0.1) is 11.3 Å². The third-order valence-electron chi connectivity index (χ3n) is 4.75. The van der Waals surface area contributed by atoms with Crippen molar-refractivity contribution in [2.45, 2.75) is 70.9 Å². The Morgan fingerprint density at radius 1 is 1.12 bits per heavy atom. The van der Waals surface area contributed by atoms with Gasteiger partial charge in [-0.05, 0) is 56.4 Å². The predicted molar refractivity (Wildman–Crippen MR) is 69.4 cm³/mol. The molecule has 2 rings (SSSR count). The fourth-order valence-electron chi connectivity index (χ4n) is 3.41. The largest absolute Gasteiger partial charge is 0.330 e. The summed E-state index contributed by atoms with van der Waals surface area (Å²) < 4.78 is 0. The van der Waals surface area contributed by atoms with Gasteiger partial charge >= 0.3 is 0 Å². The van der Waals surface area contributed by atoms with Crippen LogP contribution in [0.15, 0.2) is 0 Å². The smallest absolute Gasteiger partial charge is 0.0110 e. The van der Waals surface area contributed by atoms with E-state index in [0.29, 0.717) is 5.41 Å². The highest BCUT2D eigenvalue weighted by Gasteiger charge is 2.31. The quantitative estimate of drug-likeness (QED) is 0.773. The summed E-state index contributed by atoms with van der Waals surface area (Å²) in [6.45, 7) is 5.68. The lowest BCUT2D eigenvalue weighted by Crippen LogP contribution is -2.44. The van der Waals surface area contributed by atoms with E-state index in [1.165, 1.54) is 44.9 Å². The molecule has 16 heavy (non-hydrogen) atoms. The SMILES string of the molecule is CC1(C)CCC(NC2CCCC2CN)CC1. The second-order valence-electron chi connectivity index (χ2n) is 6.64. The lowest BCUT2D eigenvalue weighted by molar-refractivity contribution is 0.191. The zero-order valence-corrected chi connectivity index (χ0v) is 11.0. The molecule has 2 aliphatic rings. The first-order valence-electron chi connectivity index (χ1n) is 7.07. The second-order valence-corrected chi connectivity index (χ2v) is 6.64. The van der Waals surface area contributed by atoms with Gasteiger partial charge < -0.3 is 11.1 Å². The van der Waals surface area contributed by atoms with Crippen molar-refractivity contribution in [3.05, 3.63) is 0 Å². The Hall–Kier alpha value is -0.0800.